The maximum atomic E-state index is 6.18. The van der Waals surface area contributed by atoms with Gasteiger partial charge in [0, 0.05) is 10.0 Å². The fourth-order valence-corrected chi connectivity index (χ4v) is 2.66. The lowest BCUT2D eigenvalue weighted by molar-refractivity contribution is 0.414. The summed E-state index contributed by atoms with van der Waals surface area (Å²) in [5.74, 6) is 1.70. The number of hydrogen-bond acceptors (Lipinski definition) is 7. The molecule has 130 valence electrons. The molecule has 0 amide bonds. The van der Waals surface area contributed by atoms with E-state index in [2.05, 4.69) is 36.4 Å². The summed E-state index contributed by atoms with van der Waals surface area (Å²) < 4.78 is 12.9. The van der Waals surface area contributed by atoms with E-state index in [9.17, 15) is 0 Å². The van der Waals surface area contributed by atoms with Crippen molar-refractivity contribution in [3.63, 3.8) is 0 Å². The van der Waals surface area contributed by atoms with Gasteiger partial charge in [0.25, 0.3) is 5.89 Å². The van der Waals surface area contributed by atoms with E-state index in [0.717, 1.165) is 21.5 Å². The van der Waals surface area contributed by atoms with Crippen LogP contribution in [0.25, 0.3) is 28.7 Å². The molecule has 4 rings (SSSR count). The Morgan fingerprint density at radius 2 is 1.81 bits per heavy atom. The summed E-state index contributed by atoms with van der Waals surface area (Å²) in [5.41, 5.74) is 8.08. The number of methoxy groups -OCH3 is 1. The molecule has 0 radical (unpaired) electrons. The Labute approximate surface area is 156 Å². The second-order valence-corrected chi connectivity index (χ2v) is 6.28. The monoisotopic (exact) mass is 412 g/mol. The molecule has 2 N–H and O–H groups in total. The van der Waals surface area contributed by atoms with Crippen LogP contribution in [-0.2, 0) is 0 Å². The Morgan fingerprint density at radius 3 is 2.50 bits per heavy atom. The van der Waals surface area contributed by atoms with Gasteiger partial charge in [-0.1, -0.05) is 26.3 Å². The Kier molecular flexibility index (Phi) is 4.13. The van der Waals surface area contributed by atoms with Crippen molar-refractivity contribution in [2.24, 2.45) is 0 Å². The average molecular weight is 413 g/mol. The molecule has 4 aromatic rings. The quantitative estimate of drug-likeness (QED) is 0.547. The molecule has 0 saturated heterocycles. The minimum Gasteiger partial charge on any atom is -0.497 e. The zero-order chi connectivity index (χ0) is 18.1. The first-order chi connectivity index (χ1) is 12.7. The number of halogens is 1. The number of ether oxygens (including phenoxy) is 1. The van der Waals surface area contributed by atoms with Crippen LogP contribution in [0.3, 0.4) is 0 Å². The number of nitrogens with zero attached hydrogens (tertiary/aromatic N) is 5. The van der Waals surface area contributed by atoms with Crippen LogP contribution in [0.4, 0.5) is 5.82 Å². The Bertz CT molecular complexity index is 1040. The highest BCUT2D eigenvalue weighted by Gasteiger charge is 2.19. The van der Waals surface area contributed by atoms with Crippen LogP contribution < -0.4 is 10.5 Å². The van der Waals surface area contributed by atoms with Crippen LogP contribution >= 0.6 is 15.9 Å². The second-order valence-electron chi connectivity index (χ2n) is 5.36. The first-order valence-electron chi connectivity index (χ1n) is 7.61. The van der Waals surface area contributed by atoms with Gasteiger partial charge in [0.1, 0.15) is 5.75 Å². The van der Waals surface area contributed by atoms with E-state index >= 15 is 0 Å². The van der Waals surface area contributed by atoms with Crippen molar-refractivity contribution in [3.05, 3.63) is 53.0 Å². The number of anilines is 1. The van der Waals surface area contributed by atoms with Crippen molar-refractivity contribution >= 4 is 21.7 Å². The molecule has 26 heavy (non-hydrogen) atoms. The Hall–Kier alpha value is -3.20. The lowest BCUT2D eigenvalue weighted by Crippen LogP contribution is -2.02. The van der Waals surface area contributed by atoms with Gasteiger partial charge >= 0.3 is 0 Å². The molecule has 2 aromatic heterocycles. The highest BCUT2D eigenvalue weighted by Crippen LogP contribution is 2.27. The Morgan fingerprint density at radius 1 is 1.08 bits per heavy atom. The van der Waals surface area contributed by atoms with Gasteiger partial charge in [-0.2, -0.15) is 9.67 Å². The van der Waals surface area contributed by atoms with Crippen LogP contribution in [-0.4, -0.2) is 32.2 Å². The predicted octanol–water partition coefficient (Wildman–Crippen LogP) is 3.34. The van der Waals surface area contributed by atoms with Crippen molar-refractivity contribution < 1.29 is 9.26 Å². The summed E-state index contributed by atoms with van der Waals surface area (Å²) in [5, 5.41) is 12.1. The summed E-state index contributed by atoms with van der Waals surface area (Å²) in [7, 11) is 1.61. The standard InChI is InChI=1S/C17H13BrN6O2/c1-25-13-8-6-12(7-9-13)24-15(19)14(21-23-24)17-20-16(22-26-17)10-2-4-11(18)5-3-10/h2-9H,19H2,1H3. The van der Waals surface area contributed by atoms with Gasteiger partial charge in [-0.15, -0.1) is 5.10 Å². The maximum Gasteiger partial charge on any atom is 0.282 e. The molecule has 0 spiro atoms. The number of hydrogen-bond donors (Lipinski definition) is 1. The van der Waals surface area contributed by atoms with Gasteiger partial charge in [0.05, 0.1) is 12.8 Å². The lowest BCUT2D eigenvalue weighted by atomic mass is 10.2. The minimum absolute atomic E-state index is 0.209. The summed E-state index contributed by atoms with van der Waals surface area (Å²) in [6.45, 7) is 0. The van der Waals surface area contributed by atoms with E-state index in [1.165, 1.54) is 4.68 Å². The van der Waals surface area contributed by atoms with Gasteiger partial charge in [0.2, 0.25) is 5.82 Å². The predicted molar refractivity (Wildman–Crippen MR) is 98.8 cm³/mol. The lowest BCUT2D eigenvalue weighted by Gasteiger charge is -2.04. The van der Waals surface area contributed by atoms with Crippen molar-refractivity contribution in [2.45, 2.75) is 0 Å². The van der Waals surface area contributed by atoms with Crippen molar-refractivity contribution in [1.82, 2.24) is 25.1 Å². The van der Waals surface area contributed by atoms with E-state index in [0.29, 0.717) is 17.3 Å². The van der Waals surface area contributed by atoms with E-state index < -0.39 is 0 Å². The molecule has 0 aliphatic heterocycles. The highest BCUT2D eigenvalue weighted by atomic mass is 79.9. The fraction of sp³-hybridized carbons (Fsp3) is 0.0588. The SMILES string of the molecule is COc1ccc(-n2nnc(-c3nc(-c4ccc(Br)cc4)no3)c2N)cc1. The third-order valence-corrected chi connectivity index (χ3v) is 4.28. The van der Waals surface area contributed by atoms with Gasteiger partial charge in [-0.05, 0) is 48.5 Å². The van der Waals surface area contributed by atoms with E-state index in [-0.39, 0.29) is 5.89 Å². The normalized spacial score (nSPS) is 10.8. The number of nitrogen functional groups attached to an aromatic ring is 1. The number of rotatable bonds is 4. The topological polar surface area (TPSA) is 105 Å². The molecular formula is C17H13BrN6O2. The number of aromatic nitrogens is 5. The smallest absolute Gasteiger partial charge is 0.282 e. The van der Waals surface area contributed by atoms with E-state index in [4.69, 9.17) is 15.0 Å². The molecule has 9 heteroatoms. The molecule has 0 bridgehead atoms. The molecule has 0 unspecified atom stereocenters. The molecule has 0 atom stereocenters. The largest absolute Gasteiger partial charge is 0.497 e. The fourth-order valence-electron chi connectivity index (χ4n) is 2.39. The zero-order valence-electron chi connectivity index (χ0n) is 13.6. The Balaban J connectivity index is 1.67. The highest BCUT2D eigenvalue weighted by molar-refractivity contribution is 9.10. The average Bonchev–Trinajstić information content (AvgIpc) is 3.29. The van der Waals surface area contributed by atoms with Crippen LogP contribution in [0.5, 0.6) is 5.75 Å². The van der Waals surface area contributed by atoms with Gasteiger partial charge in [-0.3, -0.25) is 0 Å². The summed E-state index contributed by atoms with van der Waals surface area (Å²) in [6.07, 6.45) is 0. The molecule has 0 aliphatic carbocycles. The summed E-state index contributed by atoms with van der Waals surface area (Å²) in [6, 6.07) is 14.9. The minimum atomic E-state index is 0.209. The first kappa shape index (κ1) is 16.3. The second kappa shape index (κ2) is 6.60. The van der Waals surface area contributed by atoms with Crippen molar-refractivity contribution in [1.29, 1.82) is 0 Å². The molecule has 0 saturated carbocycles. The molecule has 2 aromatic carbocycles. The first-order valence-corrected chi connectivity index (χ1v) is 8.40. The summed E-state index contributed by atoms with van der Waals surface area (Å²) in [4.78, 5) is 4.37. The summed E-state index contributed by atoms with van der Waals surface area (Å²) >= 11 is 3.39. The van der Waals surface area contributed by atoms with E-state index in [1.54, 1.807) is 7.11 Å². The molecular weight excluding hydrogens is 400 g/mol. The van der Waals surface area contributed by atoms with Crippen LogP contribution in [0.1, 0.15) is 0 Å². The zero-order valence-corrected chi connectivity index (χ0v) is 15.2. The molecule has 2 heterocycles. The number of benzene rings is 2. The third kappa shape index (κ3) is 2.93. The van der Waals surface area contributed by atoms with Crippen molar-refractivity contribution in [2.75, 3.05) is 12.8 Å². The van der Waals surface area contributed by atoms with Crippen LogP contribution in [0.15, 0.2) is 57.5 Å². The molecule has 0 aliphatic rings. The van der Waals surface area contributed by atoms with E-state index in [1.807, 2.05) is 48.5 Å². The van der Waals surface area contributed by atoms with Crippen LogP contribution in [0, 0.1) is 0 Å². The molecule has 0 fully saturated rings. The maximum absolute atomic E-state index is 6.18. The van der Waals surface area contributed by atoms with Gasteiger partial charge < -0.3 is 15.0 Å². The number of nitrogens with two attached hydrogens (primary N) is 1. The van der Waals surface area contributed by atoms with Crippen LogP contribution in [0.2, 0.25) is 0 Å². The third-order valence-electron chi connectivity index (χ3n) is 3.75. The van der Waals surface area contributed by atoms with Gasteiger partial charge in [0.15, 0.2) is 11.5 Å². The van der Waals surface area contributed by atoms with Crippen molar-refractivity contribution in [3.8, 4) is 34.4 Å². The molecule has 8 nitrogen and oxygen atoms in total. The van der Waals surface area contributed by atoms with Gasteiger partial charge in [-0.25, -0.2) is 0 Å².